The summed E-state index contributed by atoms with van der Waals surface area (Å²) in [5.41, 5.74) is 2.54. The molecule has 4 rings (SSSR count). The Hall–Kier alpha value is -1.14. The number of hydrogen-bond donors (Lipinski definition) is 0. The van der Waals surface area contributed by atoms with Crippen molar-refractivity contribution in [3.63, 3.8) is 0 Å². The molecule has 0 N–H and O–H groups in total. The number of rotatable bonds is 0. The van der Waals surface area contributed by atoms with Crippen LogP contribution in [0, 0.1) is 0 Å². The van der Waals surface area contributed by atoms with Crippen molar-refractivity contribution in [2.45, 2.75) is 0 Å². The van der Waals surface area contributed by atoms with Gasteiger partial charge in [0, 0.05) is 23.2 Å². The number of nitrogens with zero attached hydrogens (tertiary/aromatic N) is 2. The molecule has 0 radical (unpaired) electrons. The van der Waals surface area contributed by atoms with Gasteiger partial charge >= 0.3 is 0 Å². The monoisotopic (exact) mass is 350 g/mol. The lowest BCUT2D eigenvalue weighted by Crippen LogP contribution is -1.77. The maximum absolute atomic E-state index is 4.23. The minimum absolute atomic E-state index is 1.23. The third-order valence-electron chi connectivity index (χ3n) is 3.09. The second-order valence-electron chi connectivity index (χ2n) is 3.97. The van der Waals surface area contributed by atoms with E-state index >= 15 is 0 Å². The van der Waals surface area contributed by atoms with Gasteiger partial charge in [-0.15, -0.1) is 11.3 Å². The van der Waals surface area contributed by atoms with Crippen LogP contribution in [0.3, 0.4) is 0 Å². The first-order chi connectivity index (χ1) is 8.36. The molecule has 82 valence electrons. The van der Waals surface area contributed by atoms with E-state index in [2.05, 4.69) is 60.3 Å². The van der Waals surface area contributed by atoms with Crippen LogP contribution in [0.1, 0.15) is 0 Å². The van der Waals surface area contributed by atoms with Crippen molar-refractivity contribution in [2.75, 3.05) is 0 Å². The highest BCUT2D eigenvalue weighted by Crippen LogP contribution is 2.37. The molecular weight excluding hydrogens is 343 g/mol. The smallest absolute Gasteiger partial charge is 0.0769 e. The van der Waals surface area contributed by atoms with Gasteiger partial charge in [0.05, 0.1) is 38.6 Å². The van der Waals surface area contributed by atoms with Gasteiger partial charge < -0.3 is 0 Å². The van der Waals surface area contributed by atoms with Crippen LogP contribution in [0.4, 0.5) is 0 Å². The van der Waals surface area contributed by atoms with Crippen molar-refractivity contribution in [1.82, 2.24) is 7.76 Å². The summed E-state index contributed by atoms with van der Waals surface area (Å²) in [5, 5.41) is 5.98. The number of hydrogen-bond acceptors (Lipinski definition) is 2. The maximum atomic E-state index is 4.23. The summed E-state index contributed by atoms with van der Waals surface area (Å²) in [5.74, 6) is 0. The first kappa shape index (κ1) is 9.85. The quantitative estimate of drug-likeness (QED) is 0.424. The number of benzene rings is 1. The Balaban J connectivity index is 2.43. The van der Waals surface area contributed by atoms with E-state index < -0.39 is 0 Å². The molecule has 0 bridgehead atoms. The normalized spacial score (nSPS) is 11.8. The SMILES string of the molecule is In1c2ccncc2c2ccc3ccsc3c21. The molecule has 0 fully saturated rings. The second kappa shape index (κ2) is 3.43. The molecule has 3 aromatic heterocycles. The molecule has 0 saturated heterocycles. The molecule has 0 atom stereocenters. The van der Waals surface area contributed by atoms with Crippen LogP contribution in [0.5, 0.6) is 0 Å². The Morgan fingerprint density at radius 1 is 1.12 bits per heavy atom. The highest BCUT2D eigenvalue weighted by Gasteiger charge is 2.12. The predicted octanol–water partition coefficient (Wildman–Crippen LogP) is 4.60. The van der Waals surface area contributed by atoms with Gasteiger partial charge in [0.15, 0.2) is 0 Å². The Bertz CT molecular complexity index is 860. The van der Waals surface area contributed by atoms with Gasteiger partial charge in [0.25, 0.3) is 0 Å². The van der Waals surface area contributed by atoms with Crippen molar-refractivity contribution in [3.8, 4) is 0 Å². The molecule has 2 nitrogen and oxygen atoms in total. The first-order valence-electron chi connectivity index (χ1n) is 5.27. The molecule has 0 spiro atoms. The van der Waals surface area contributed by atoms with Crippen LogP contribution in [0.2, 0.25) is 0 Å². The summed E-state index contributed by atoms with van der Waals surface area (Å²) in [6.07, 6.45) is 3.80. The average Bonchev–Trinajstić information content (AvgIpc) is 2.93. The number of pyridine rings is 1. The Labute approximate surface area is 115 Å². The van der Waals surface area contributed by atoms with E-state index in [0.717, 1.165) is 0 Å². The van der Waals surface area contributed by atoms with Crippen LogP contribution in [-0.2, 0) is 0 Å². The van der Waals surface area contributed by atoms with E-state index in [0.29, 0.717) is 0 Å². The van der Waals surface area contributed by atoms with Gasteiger partial charge in [-0.1, -0.05) is 12.1 Å². The molecule has 0 saturated carbocycles. The fraction of sp³-hybridized carbons (Fsp3) is 0. The lowest BCUT2D eigenvalue weighted by Gasteiger charge is -1.96. The minimum atomic E-state index is 1.23. The van der Waals surface area contributed by atoms with Gasteiger partial charge in [-0.3, -0.25) is 7.76 Å². The molecule has 4 heteroatoms. The van der Waals surface area contributed by atoms with Crippen LogP contribution in [0.25, 0.3) is 31.9 Å². The third kappa shape index (κ3) is 1.22. The van der Waals surface area contributed by atoms with E-state index in [1.807, 2.05) is 12.4 Å². The summed E-state index contributed by atoms with van der Waals surface area (Å²) < 4.78 is 3.59. The molecule has 0 amide bonds. The lowest BCUT2D eigenvalue weighted by molar-refractivity contribution is 1.36. The Kier molecular flexibility index (Phi) is 1.99. The van der Waals surface area contributed by atoms with Crippen molar-refractivity contribution in [1.29, 1.82) is 0 Å². The lowest BCUT2D eigenvalue weighted by atomic mass is 10.1. The van der Waals surface area contributed by atoms with E-state index in [-0.39, 0.29) is 0 Å². The summed E-state index contributed by atoms with van der Waals surface area (Å²) in [6, 6.07) is 8.63. The van der Waals surface area contributed by atoms with E-state index in [1.54, 1.807) is 11.3 Å². The Morgan fingerprint density at radius 2 is 2.06 bits per heavy atom. The molecule has 3 heterocycles. The summed E-state index contributed by atoms with van der Waals surface area (Å²) >= 11 is 4.17. The van der Waals surface area contributed by atoms with Gasteiger partial charge in [-0.25, -0.2) is 0 Å². The predicted molar refractivity (Wildman–Crippen MR) is 82.0 cm³/mol. The zero-order chi connectivity index (χ0) is 11.4. The largest absolute Gasteiger partial charge is 0.280 e. The first-order valence-corrected chi connectivity index (χ1v) is 7.11. The third-order valence-corrected chi connectivity index (χ3v) is 5.03. The molecule has 0 unspecified atom stereocenters. The molecular formula is C13H7IN2S. The fourth-order valence-corrected chi connectivity index (χ4v) is 4.34. The second-order valence-corrected chi connectivity index (χ2v) is 5.86. The van der Waals surface area contributed by atoms with E-state index in [4.69, 9.17) is 0 Å². The van der Waals surface area contributed by atoms with Crippen molar-refractivity contribution < 1.29 is 0 Å². The molecule has 0 aliphatic heterocycles. The van der Waals surface area contributed by atoms with E-state index in [9.17, 15) is 0 Å². The highest BCUT2D eigenvalue weighted by molar-refractivity contribution is 14.1. The Morgan fingerprint density at radius 3 is 3.00 bits per heavy atom. The highest BCUT2D eigenvalue weighted by atomic mass is 127. The molecule has 17 heavy (non-hydrogen) atoms. The number of aromatic nitrogens is 2. The summed E-state index contributed by atoms with van der Waals surface area (Å²) in [6.45, 7) is 0. The van der Waals surface area contributed by atoms with Crippen LogP contribution in [-0.4, -0.2) is 7.76 Å². The summed E-state index contributed by atoms with van der Waals surface area (Å²) in [7, 11) is 0. The van der Waals surface area contributed by atoms with Crippen molar-refractivity contribution >= 4 is 66.1 Å². The van der Waals surface area contributed by atoms with Gasteiger partial charge in [0.2, 0.25) is 0 Å². The topological polar surface area (TPSA) is 17.8 Å². The van der Waals surface area contributed by atoms with Crippen LogP contribution >= 0.6 is 34.2 Å². The van der Waals surface area contributed by atoms with Gasteiger partial charge in [0.1, 0.15) is 0 Å². The van der Waals surface area contributed by atoms with Crippen molar-refractivity contribution in [3.05, 3.63) is 42.0 Å². The molecule has 4 aromatic rings. The minimum Gasteiger partial charge on any atom is -0.280 e. The maximum Gasteiger partial charge on any atom is 0.0769 e. The molecule has 0 aliphatic carbocycles. The van der Waals surface area contributed by atoms with Crippen LogP contribution < -0.4 is 0 Å². The average molecular weight is 350 g/mol. The number of fused-ring (bicyclic) bond motifs is 5. The zero-order valence-corrected chi connectivity index (χ0v) is 11.7. The van der Waals surface area contributed by atoms with Gasteiger partial charge in [-0.2, -0.15) is 0 Å². The standard InChI is InChI=1S/C13H7IN2S/c14-16-11-3-5-15-7-10(11)9-2-1-8-4-6-17-13(8)12(9)16/h1-7H. The van der Waals surface area contributed by atoms with E-state index in [1.165, 1.54) is 31.9 Å². The van der Waals surface area contributed by atoms with Crippen molar-refractivity contribution in [2.24, 2.45) is 0 Å². The van der Waals surface area contributed by atoms with Crippen LogP contribution in [0.15, 0.2) is 42.0 Å². The zero-order valence-electron chi connectivity index (χ0n) is 8.72. The summed E-state index contributed by atoms with van der Waals surface area (Å²) in [4.78, 5) is 4.23. The molecule has 0 aliphatic rings. The van der Waals surface area contributed by atoms with Gasteiger partial charge in [-0.05, 0) is 22.9 Å². The molecule has 1 aromatic carbocycles. The fourth-order valence-electron chi connectivity index (χ4n) is 2.32. The number of thiophene rings is 1. The number of halogens is 1.